The largest absolute Gasteiger partial charge is 0.497 e. The quantitative estimate of drug-likeness (QED) is 0.756. The van der Waals surface area contributed by atoms with Crippen molar-refractivity contribution in [1.29, 1.82) is 0 Å². The molecule has 0 saturated heterocycles. The van der Waals surface area contributed by atoms with Crippen LogP contribution in [-0.4, -0.2) is 24.5 Å². The van der Waals surface area contributed by atoms with Gasteiger partial charge in [-0.15, -0.1) is 0 Å². The molecule has 0 aliphatic rings. The van der Waals surface area contributed by atoms with Crippen LogP contribution in [0.2, 0.25) is 0 Å². The minimum Gasteiger partial charge on any atom is -0.497 e. The molecule has 3 aromatic rings. The number of amides is 1. The summed E-state index contributed by atoms with van der Waals surface area (Å²) in [6.45, 7) is 2.16. The van der Waals surface area contributed by atoms with Crippen molar-refractivity contribution >= 4 is 28.1 Å². The van der Waals surface area contributed by atoms with E-state index in [0.29, 0.717) is 6.54 Å². The lowest BCUT2D eigenvalue weighted by molar-refractivity contribution is -0.118. The summed E-state index contributed by atoms with van der Waals surface area (Å²) in [6.07, 6.45) is 0.776. The average molecular weight is 314 g/mol. The number of hydrogen-bond acceptors (Lipinski definition) is 3. The monoisotopic (exact) mass is 314 g/mol. The molecule has 0 spiro atoms. The Morgan fingerprint density at radius 1 is 1.36 bits per heavy atom. The van der Waals surface area contributed by atoms with Crippen molar-refractivity contribution in [3.05, 3.63) is 40.6 Å². The Morgan fingerprint density at radius 2 is 2.23 bits per heavy atom. The van der Waals surface area contributed by atoms with E-state index >= 15 is 0 Å². The van der Waals surface area contributed by atoms with Crippen LogP contribution >= 0.6 is 11.3 Å². The van der Waals surface area contributed by atoms with E-state index in [1.165, 1.54) is 18.1 Å². The van der Waals surface area contributed by atoms with E-state index in [1.807, 2.05) is 18.2 Å². The molecular weight excluding hydrogens is 296 g/mol. The topological polar surface area (TPSA) is 54.1 Å². The van der Waals surface area contributed by atoms with E-state index in [-0.39, 0.29) is 5.91 Å². The second-order valence-corrected chi connectivity index (χ2v) is 5.92. The zero-order chi connectivity index (χ0) is 15.5. The normalized spacial score (nSPS) is 10.8. The van der Waals surface area contributed by atoms with Crippen LogP contribution < -0.4 is 10.1 Å². The average Bonchev–Trinajstić information content (AvgIpc) is 3.14. The fraction of sp³-hybridized carbons (Fsp3) is 0.235. The van der Waals surface area contributed by atoms with E-state index in [4.69, 9.17) is 4.74 Å². The van der Waals surface area contributed by atoms with E-state index in [2.05, 4.69) is 27.1 Å². The molecule has 114 valence electrons. The van der Waals surface area contributed by atoms with Gasteiger partial charge in [0.1, 0.15) is 5.75 Å². The Morgan fingerprint density at radius 3 is 2.91 bits per heavy atom. The molecule has 0 atom stereocenters. The van der Waals surface area contributed by atoms with Crippen molar-refractivity contribution in [1.82, 2.24) is 10.3 Å². The summed E-state index contributed by atoms with van der Waals surface area (Å²) >= 11 is 1.67. The number of rotatable bonds is 5. The van der Waals surface area contributed by atoms with Gasteiger partial charge in [0.25, 0.3) is 0 Å². The lowest BCUT2D eigenvalue weighted by Crippen LogP contribution is -2.22. The number of hydrogen-bond donors (Lipinski definition) is 2. The highest BCUT2D eigenvalue weighted by Crippen LogP contribution is 2.33. The van der Waals surface area contributed by atoms with Gasteiger partial charge in [-0.25, -0.2) is 0 Å². The Kier molecular flexibility index (Phi) is 4.15. The minimum atomic E-state index is -0.00509. The summed E-state index contributed by atoms with van der Waals surface area (Å²) in [7, 11) is 1.67. The molecular formula is C17H18N2O2S. The third-order valence-corrected chi connectivity index (χ3v) is 4.36. The van der Waals surface area contributed by atoms with Crippen LogP contribution in [0.25, 0.3) is 22.2 Å². The van der Waals surface area contributed by atoms with E-state index < -0.39 is 0 Å². The third-order valence-electron chi connectivity index (χ3n) is 3.67. The molecule has 4 nitrogen and oxygen atoms in total. The van der Waals surface area contributed by atoms with Crippen molar-refractivity contribution in [3.8, 4) is 17.0 Å². The van der Waals surface area contributed by atoms with Crippen molar-refractivity contribution in [2.45, 2.75) is 13.3 Å². The van der Waals surface area contributed by atoms with Crippen molar-refractivity contribution < 1.29 is 9.53 Å². The fourth-order valence-corrected chi connectivity index (χ4v) is 3.28. The summed E-state index contributed by atoms with van der Waals surface area (Å²) < 4.78 is 5.34. The number of aromatic nitrogens is 1. The molecule has 3 rings (SSSR count). The first-order valence-corrected chi connectivity index (χ1v) is 8.09. The zero-order valence-corrected chi connectivity index (χ0v) is 13.4. The van der Waals surface area contributed by atoms with Gasteiger partial charge in [-0.2, -0.15) is 11.3 Å². The molecule has 1 amide bonds. The first-order chi connectivity index (χ1) is 10.7. The standard InChI is InChI=1S/C17H18N2O2S/c1-11(20)18-7-5-14-15-9-13(21-2)3-4-16(15)19-17(14)12-6-8-22-10-12/h3-4,6,8-10,19H,5,7H2,1-2H3,(H,18,20). The van der Waals surface area contributed by atoms with Gasteiger partial charge in [-0.05, 0) is 41.6 Å². The third kappa shape index (κ3) is 2.85. The predicted octanol–water partition coefficient (Wildman–Crippen LogP) is 3.58. The number of thiophene rings is 1. The summed E-state index contributed by atoms with van der Waals surface area (Å²) in [5.74, 6) is 0.832. The molecule has 0 saturated carbocycles. The fourth-order valence-electron chi connectivity index (χ4n) is 2.63. The van der Waals surface area contributed by atoms with Gasteiger partial charge in [-0.3, -0.25) is 4.79 Å². The highest BCUT2D eigenvalue weighted by molar-refractivity contribution is 7.08. The molecule has 0 aliphatic heterocycles. The smallest absolute Gasteiger partial charge is 0.216 e. The summed E-state index contributed by atoms with van der Waals surface area (Å²) in [5, 5.41) is 8.21. The van der Waals surface area contributed by atoms with Crippen molar-refractivity contribution in [3.63, 3.8) is 0 Å². The Labute approximate surface area is 133 Å². The molecule has 5 heteroatoms. The molecule has 2 N–H and O–H groups in total. The van der Waals surface area contributed by atoms with Crippen molar-refractivity contribution in [2.24, 2.45) is 0 Å². The Balaban J connectivity index is 2.06. The Hall–Kier alpha value is -2.27. The second-order valence-electron chi connectivity index (χ2n) is 5.14. The van der Waals surface area contributed by atoms with Crippen LogP contribution in [0.5, 0.6) is 5.75 Å². The van der Waals surface area contributed by atoms with Crippen LogP contribution in [0, 0.1) is 0 Å². The molecule has 22 heavy (non-hydrogen) atoms. The van der Waals surface area contributed by atoms with Crippen LogP contribution in [-0.2, 0) is 11.2 Å². The maximum Gasteiger partial charge on any atom is 0.216 e. The molecule has 0 radical (unpaired) electrons. The lowest BCUT2D eigenvalue weighted by Gasteiger charge is -2.05. The van der Waals surface area contributed by atoms with Crippen LogP contribution in [0.4, 0.5) is 0 Å². The van der Waals surface area contributed by atoms with E-state index in [0.717, 1.165) is 28.8 Å². The van der Waals surface area contributed by atoms with Gasteiger partial charge in [0.05, 0.1) is 12.8 Å². The van der Waals surface area contributed by atoms with E-state index in [9.17, 15) is 4.79 Å². The first kappa shape index (κ1) is 14.7. The zero-order valence-electron chi connectivity index (χ0n) is 12.6. The maximum atomic E-state index is 11.1. The van der Waals surface area contributed by atoms with Crippen LogP contribution in [0.15, 0.2) is 35.0 Å². The second kappa shape index (κ2) is 6.23. The number of carbonyl (C=O) groups is 1. The van der Waals surface area contributed by atoms with E-state index in [1.54, 1.807) is 18.4 Å². The summed E-state index contributed by atoms with van der Waals surface area (Å²) in [6, 6.07) is 8.14. The van der Waals surface area contributed by atoms with Crippen LogP contribution in [0.3, 0.4) is 0 Å². The Bertz CT molecular complexity index is 790. The first-order valence-electron chi connectivity index (χ1n) is 7.14. The van der Waals surface area contributed by atoms with Gasteiger partial charge in [-0.1, -0.05) is 0 Å². The number of benzene rings is 1. The molecule has 0 bridgehead atoms. The molecule has 2 heterocycles. The molecule has 0 aliphatic carbocycles. The summed E-state index contributed by atoms with van der Waals surface area (Å²) in [5.41, 5.74) is 4.59. The molecule has 0 fully saturated rings. The minimum absolute atomic E-state index is 0.00509. The molecule has 2 aromatic heterocycles. The molecule has 0 unspecified atom stereocenters. The predicted molar refractivity (Wildman–Crippen MR) is 90.6 cm³/mol. The number of nitrogens with one attached hydrogen (secondary N) is 2. The van der Waals surface area contributed by atoms with Gasteiger partial charge >= 0.3 is 0 Å². The highest BCUT2D eigenvalue weighted by Gasteiger charge is 2.14. The van der Waals surface area contributed by atoms with Gasteiger partial charge < -0.3 is 15.0 Å². The number of fused-ring (bicyclic) bond motifs is 1. The number of methoxy groups -OCH3 is 1. The van der Waals surface area contributed by atoms with Crippen LogP contribution in [0.1, 0.15) is 12.5 Å². The number of ether oxygens (including phenoxy) is 1. The molecule has 1 aromatic carbocycles. The maximum absolute atomic E-state index is 11.1. The van der Waals surface area contributed by atoms with Gasteiger partial charge in [0.15, 0.2) is 0 Å². The SMILES string of the molecule is COc1ccc2[nH]c(-c3ccsc3)c(CCNC(C)=O)c2c1. The lowest BCUT2D eigenvalue weighted by atomic mass is 10.0. The number of H-pyrrole nitrogens is 1. The summed E-state index contributed by atoms with van der Waals surface area (Å²) in [4.78, 5) is 14.6. The highest BCUT2D eigenvalue weighted by atomic mass is 32.1. The van der Waals surface area contributed by atoms with Gasteiger partial charge in [0.2, 0.25) is 5.91 Å². The van der Waals surface area contributed by atoms with Crippen molar-refractivity contribution in [2.75, 3.05) is 13.7 Å². The number of aromatic amines is 1. The van der Waals surface area contributed by atoms with Gasteiger partial charge in [0, 0.05) is 35.3 Å². The number of carbonyl (C=O) groups excluding carboxylic acids is 1.